The van der Waals surface area contributed by atoms with Crippen molar-refractivity contribution in [2.24, 2.45) is 0 Å². The van der Waals surface area contributed by atoms with Gasteiger partial charge in [-0.15, -0.1) is 0 Å². The third-order valence-corrected chi connectivity index (χ3v) is 3.62. The predicted octanol–water partition coefficient (Wildman–Crippen LogP) is 2.60. The second kappa shape index (κ2) is 4.71. The van der Waals surface area contributed by atoms with Gasteiger partial charge < -0.3 is 0 Å². The minimum atomic E-state index is 0.0395. The van der Waals surface area contributed by atoms with Gasteiger partial charge in [-0.1, -0.05) is 0 Å². The lowest BCUT2D eigenvalue weighted by Crippen LogP contribution is -1.92. The van der Waals surface area contributed by atoms with E-state index in [-0.39, 0.29) is 5.78 Å². The van der Waals surface area contributed by atoms with Gasteiger partial charge in [0.15, 0.2) is 10.1 Å². The van der Waals surface area contributed by atoms with Crippen molar-refractivity contribution in [1.29, 1.82) is 0 Å². The van der Waals surface area contributed by atoms with Crippen LogP contribution >= 0.6 is 23.3 Å². The van der Waals surface area contributed by atoms with Crippen molar-refractivity contribution in [3.63, 3.8) is 0 Å². The molecule has 4 nitrogen and oxygen atoms in total. The molecule has 0 aliphatic carbocycles. The van der Waals surface area contributed by atoms with E-state index in [0.717, 1.165) is 15.2 Å². The normalized spacial score (nSPS) is 10.4. The molecule has 0 spiro atoms. The lowest BCUT2D eigenvalue weighted by atomic mass is 10.2. The van der Waals surface area contributed by atoms with Crippen LogP contribution in [0.15, 0.2) is 27.7 Å². The minimum Gasteiger partial charge on any atom is -0.295 e. The van der Waals surface area contributed by atoms with Gasteiger partial charge >= 0.3 is 0 Å². The average molecular weight is 251 g/mol. The van der Waals surface area contributed by atoms with E-state index < -0.39 is 0 Å². The summed E-state index contributed by atoms with van der Waals surface area (Å²) in [5.74, 6) is 0.799. The maximum absolute atomic E-state index is 11.2. The van der Waals surface area contributed by atoms with E-state index >= 15 is 0 Å². The molecule has 0 atom stereocenters. The van der Waals surface area contributed by atoms with Gasteiger partial charge in [-0.3, -0.25) is 4.79 Å². The van der Waals surface area contributed by atoms with Crippen LogP contribution in [0.2, 0.25) is 0 Å². The lowest BCUT2D eigenvalue weighted by molar-refractivity contribution is 0.101. The SMILES string of the molecule is CC(=O)c1ccnc(Sc2nc(C)ns2)c1. The summed E-state index contributed by atoms with van der Waals surface area (Å²) < 4.78 is 4.92. The molecule has 0 radical (unpaired) electrons. The number of nitrogens with zero attached hydrogens (tertiary/aromatic N) is 3. The van der Waals surface area contributed by atoms with Crippen LogP contribution in [0.4, 0.5) is 0 Å². The van der Waals surface area contributed by atoms with E-state index in [1.807, 2.05) is 6.92 Å². The molecule has 0 saturated heterocycles. The zero-order valence-electron chi connectivity index (χ0n) is 8.80. The number of aryl methyl sites for hydroxylation is 1. The monoisotopic (exact) mass is 251 g/mol. The summed E-state index contributed by atoms with van der Waals surface area (Å²) in [6.07, 6.45) is 1.63. The number of aromatic nitrogens is 3. The number of carbonyl (C=O) groups is 1. The van der Waals surface area contributed by atoms with Crippen molar-refractivity contribution in [3.05, 3.63) is 29.7 Å². The predicted molar refractivity (Wildman–Crippen MR) is 63.0 cm³/mol. The molecule has 0 unspecified atom stereocenters. The number of rotatable bonds is 3. The van der Waals surface area contributed by atoms with Crippen LogP contribution in [0.25, 0.3) is 0 Å². The highest BCUT2D eigenvalue weighted by atomic mass is 32.2. The topological polar surface area (TPSA) is 55.7 Å². The fraction of sp³-hybridized carbons (Fsp3) is 0.200. The van der Waals surface area contributed by atoms with Crippen LogP contribution < -0.4 is 0 Å². The molecule has 0 amide bonds. The van der Waals surface area contributed by atoms with Crippen LogP contribution in [0.5, 0.6) is 0 Å². The van der Waals surface area contributed by atoms with Crippen LogP contribution in [0, 0.1) is 6.92 Å². The van der Waals surface area contributed by atoms with Crippen LogP contribution in [-0.4, -0.2) is 20.1 Å². The molecule has 0 N–H and O–H groups in total. The Morgan fingerprint density at radius 1 is 1.50 bits per heavy atom. The van der Waals surface area contributed by atoms with Gasteiger partial charge in [0, 0.05) is 11.8 Å². The Labute approximate surface area is 101 Å². The fourth-order valence-corrected chi connectivity index (χ4v) is 2.69. The molecule has 82 valence electrons. The van der Waals surface area contributed by atoms with Crippen molar-refractivity contribution in [1.82, 2.24) is 14.3 Å². The van der Waals surface area contributed by atoms with Gasteiger partial charge in [-0.25, -0.2) is 9.97 Å². The summed E-state index contributed by atoms with van der Waals surface area (Å²) in [7, 11) is 0. The quantitative estimate of drug-likeness (QED) is 0.785. The Hall–Kier alpha value is -1.27. The second-order valence-corrected chi connectivity index (χ2v) is 5.17. The van der Waals surface area contributed by atoms with E-state index in [4.69, 9.17) is 0 Å². The smallest absolute Gasteiger partial charge is 0.176 e. The van der Waals surface area contributed by atoms with Crippen LogP contribution in [-0.2, 0) is 0 Å². The van der Waals surface area contributed by atoms with Gasteiger partial charge in [-0.05, 0) is 49.3 Å². The van der Waals surface area contributed by atoms with Gasteiger partial charge in [0.1, 0.15) is 10.9 Å². The first-order valence-electron chi connectivity index (χ1n) is 4.60. The Bertz CT molecular complexity index is 524. The van der Waals surface area contributed by atoms with Gasteiger partial charge in [0.2, 0.25) is 0 Å². The molecule has 6 heteroatoms. The number of hydrogen-bond acceptors (Lipinski definition) is 6. The van der Waals surface area contributed by atoms with Gasteiger partial charge in [0.05, 0.1) is 0 Å². The highest BCUT2D eigenvalue weighted by Crippen LogP contribution is 2.27. The Balaban J connectivity index is 2.21. The molecule has 0 aliphatic heterocycles. The van der Waals surface area contributed by atoms with Crippen molar-refractivity contribution < 1.29 is 4.79 Å². The Kier molecular flexibility index (Phi) is 3.31. The summed E-state index contributed by atoms with van der Waals surface area (Å²) in [4.78, 5) is 19.6. The number of carbonyl (C=O) groups excluding carboxylic acids is 1. The number of Topliss-reactive ketones (excluding diaryl/α,β-unsaturated/α-hetero) is 1. The average Bonchev–Trinajstić information content (AvgIpc) is 2.64. The van der Waals surface area contributed by atoms with Crippen molar-refractivity contribution in [2.75, 3.05) is 0 Å². The molecule has 0 aliphatic rings. The highest BCUT2D eigenvalue weighted by molar-refractivity contribution is 8.00. The summed E-state index contributed by atoms with van der Waals surface area (Å²) >= 11 is 2.76. The first-order valence-corrected chi connectivity index (χ1v) is 6.19. The molecule has 0 saturated carbocycles. The molecule has 2 aromatic rings. The summed E-state index contributed by atoms with van der Waals surface area (Å²) in [6.45, 7) is 3.39. The summed E-state index contributed by atoms with van der Waals surface area (Å²) in [5, 5.41) is 0.767. The van der Waals surface area contributed by atoms with Crippen molar-refractivity contribution in [3.8, 4) is 0 Å². The van der Waals surface area contributed by atoms with E-state index in [1.165, 1.54) is 23.3 Å². The Morgan fingerprint density at radius 2 is 2.31 bits per heavy atom. The first-order chi connectivity index (χ1) is 7.65. The molecule has 2 heterocycles. The largest absolute Gasteiger partial charge is 0.295 e. The third-order valence-electron chi connectivity index (χ3n) is 1.84. The van der Waals surface area contributed by atoms with E-state index in [9.17, 15) is 4.79 Å². The molecule has 0 aromatic carbocycles. The van der Waals surface area contributed by atoms with Crippen LogP contribution in [0.1, 0.15) is 23.1 Å². The summed E-state index contributed by atoms with van der Waals surface area (Å²) in [5.41, 5.74) is 0.665. The van der Waals surface area contributed by atoms with Crippen molar-refractivity contribution >= 4 is 29.1 Å². The molecular formula is C10H9N3OS2. The molecule has 0 fully saturated rings. The van der Waals surface area contributed by atoms with E-state index in [0.29, 0.717) is 5.56 Å². The number of hydrogen-bond donors (Lipinski definition) is 0. The maximum atomic E-state index is 11.2. The van der Waals surface area contributed by atoms with E-state index in [1.54, 1.807) is 25.3 Å². The fourth-order valence-electron chi connectivity index (χ4n) is 1.09. The minimum absolute atomic E-state index is 0.0395. The number of pyridine rings is 1. The maximum Gasteiger partial charge on any atom is 0.176 e. The number of ketones is 1. The lowest BCUT2D eigenvalue weighted by Gasteiger charge is -1.98. The Morgan fingerprint density at radius 3 is 2.94 bits per heavy atom. The van der Waals surface area contributed by atoms with Crippen molar-refractivity contribution in [2.45, 2.75) is 23.2 Å². The molecule has 16 heavy (non-hydrogen) atoms. The molecule has 0 bridgehead atoms. The second-order valence-electron chi connectivity index (χ2n) is 3.15. The molecular weight excluding hydrogens is 242 g/mol. The highest BCUT2D eigenvalue weighted by Gasteiger charge is 2.06. The molecule has 2 rings (SSSR count). The first kappa shape index (κ1) is 11.2. The molecule has 2 aromatic heterocycles. The zero-order valence-corrected chi connectivity index (χ0v) is 10.4. The van der Waals surface area contributed by atoms with Gasteiger partial charge in [0.25, 0.3) is 0 Å². The standard InChI is InChI=1S/C10H9N3OS2/c1-6(14)8-3-4-11-9(5-8)15-10-12-7(2)13-16-10/h3-5H,1-2H3. The van der Waals surface area contributed by atoms with Crippen LogP contribution in [0.3, 0.4) is 0 Å². The van der Waals surface area contributed by atoms with E-state index in [2.05, 4.69) is 14.3 Å². The van der Waals surface area contributed by atoms with Gasteiger partial charge in [-0.2, -0.15) is 4.37 Å². The third kappa shape index (κ3) is 2.65. The zero-order chi connectivity index (χ0) is 11.5. The summed E-state index contributed by atoms with van der Waals surface area (Å²) in [6, 6.07) is 3.47.